The maximum atomic E-state index is 10.7. The van der Waals surface area contributed by atoms with Gasteiger partial charge >= 0.3 is 5.97 Å². The molecule has 0 spiro atoms. The smallest absolute Gasteiger partial charge is 0.337 e. The highest BCUT2D eigenvalue weighted by Crippen LogP contribution is 2.38. The molecule has 5 heteroatoms. The van der Waals surface area contributed by atoms with Gasteiger partial charge in [0.15, 0.2) is 17.6 Å². The molecule has 0 heterocycles. The predicted octanol–water partition coefficient (Wildman–Crippen LogP) is 1.51. The first-order valence-electron chi connectivity index (χ1n) is 5.12. The van der Waals surface area contributed by atoms with Gasteiger partial charge in [0.2, 0.25) is 0 Å². The van der Waals surface area contributed by atoms with Gasteiger partial charge in [-0.15, -0.1) is 0 Å². The average molecular weight is 240 g/mol. The molecule has 0 saturated carbocycles. The molecule has 1 atom stereocenters. The zero-order chi connectivity index (χ0) is 13.4. The summed E-state index contributed by atoms with van der Waals surface area (Å²) in [6, 6.07) is 2.74. The lowest BCUT2D eigenvalue weighted by molar-refractivity contribution is -0.147. The van der Waals surface area contributed by atoms with Crippen molar-refractivity contribution in [3.8, 4) is 11.5 Å². The van der Waals surface area contributed by atoms with Crippen LogP contribution in [-0.4, -0.2) is 26.4 Å². The molecule has 1 unspecified atom stereocenters. The number of aliphatic hydroxyl groups is 1. The van der Waals surface area contributed by atoms with Crippen LogP contribution in [0.1, 0.15) is 38.0 Å². The number of carboxylic acids is 1. The highest BCUT2D eigenvalue weighted by atomic mass is 16.4. The van der Waals surface area contributed by atoms with E-state index >= 15 is 0 Å². The van der Waals surface area contributed by atoms with E-state index in [0.717, 1.165) is 0 Å². The Kier molecular flexibility index (Phi) is 3.33. The first-order valence-corrected chi connectivity index (χ1v) is 5.12. The number of hydrogen-bond donors (Lipinski definition) is 4. The Morgan fingerprint density at radius 2 is 1.76 bits per heavy atom. The van der Waals surface area contributed by atoms with Gasteiger partial charge in [-0.2, -0.15) is 0 Å². The van der Waals surface area contributed by atoms with Crippen LogP contribution in [0, 0.1) is 0 Å². The van der Waals surface area contributed by atoms with E-state index in [-0.39, 0.29) is 11.0 Å². The summed E-state index contributed by atoms with van der Waals surface area (Å²) < 4.78 is 0. The maximum Gasteiger partial charge on any atom is 0.337 e. The van der Waals surface area contributed by atoms with Crippen molar-refractivity contribution in [2.24, 2.45) is 0 Å². The molecule has 0 radical (unpaired) electrons. The van der Waals surface area contributed by atoms with Crippen LogP contribution >= 0.6 is 0 Å². The predicted molar refractivity (Wildman–Crippen MR) is 61.1 cm³/mol. The van der Waals surface area contributed by atoms with Gasteiger partial charge in [-0.3, -0.25) is 0 Å². The zero-order valence-corrected chi connectivity index (χ0v) is 9.93. The lowest BCUT2D eigenvalue weighted by Gasteiger charge is -2.21. The minimum atomic E-state index is -1.86. The van der Waals surface area contributed by atoms with E-state index in [1.807, 2.05) is 20.8 Å². The molecule has 1 rings (SSSR count). The van der Waals surface area contributed by atoms with Gasteiger partial charge < -0.3 is 20.4 Å². The number of carboxylic acid groups (broad SMARTS) is 1. The summed E-state index contributed by atoms with van der Waals surface area (Å²) in [4.78, 5) is 10.7. The van der Waals surface area contributed by atoms with Crippen molar-refractivity contribution in [2.75, 3.05) is 0 Å². The Balaban J connectivity index is 3.40. The quantitative estimate of drug-likeness (QED) is 0.587. The second-order valence-electron chi connectivity index (χ2n) is 4.92. The first-order chi connectivity index (χ1) is 7.64. The van der Waals surface area contributed by atoms with Crippen molar-refractivity contribution >= 4 is 5.97 Å². The summed E-state index contributed by atoms with van der Waals surface area (Å²) >= 11 is 0. The minimum absolute atomic E-state index is 0.206. The largest absolute Gasteiger partial charge is 0.504 e. The molecule has 94 valence electrons. The molecular weight excluding hydrogens is 224 g/mol. The normalized spacial score (nSPS) is 13.4. The molecule has 5 nitrogen and oxygen atoms in total. The number of aliphatic hydroxyl groups excluding tert-OH is 1. The third kappa shape index (κ3) is 2.68. The molecule has 4 N–H and O–H groups in total. The highest BCUT2D eigenvalue weighted by Gasteiger charge is 2.25. The molecule has 0 amide bonds. The summed E-state index contributed by atoms with van der Waals surface area (Å²) in [5, 5.41) is 37.2. The summed E-state index contributed by atoms with van der Waals surface area (Å²) in [6.45, 7) is 5.61. The Labute approximate surface area is 99.0 Å². The second-order valence-corrected chi connectivity index (χ2v) is 4.92. The van der Waals surface area contributed by atoms with Crippen LogP contribution in [0.4, 0.5) is 0 Å². The van der Waals surface area contributed by atoms with Gasteiger partial charge in [0.25, 0.3) is 0 Å². The first kappa shape index (κ1) is 13.3. The van der Waals surface area contributed by atoms with E-state index in [4.69, 9.17) is 5.11 Å². The molecule has 0 bridgehead atoms. The number of aliphatic carboxylic acids is 1. The minimum Gasteiger partial charge on any atom is -0.504 e. The molecular formula is C12H16O5. The number of benzene rings is 1. The molecule has 1 aromatic rings. The van der Waals surface area contributed by atoms with Gasteiger partial charge in [-0.25, -0.2) is 4.79 Å². The molecule has 0 fully saturated rings. The number of aromatic hydroxyl groups is 2. The number of rotatable bonds is 2. The van der Waals surface area contributed by atoms with Gasteiger partial charge in [-0.1, -0.05) is 20.8 Å². The van der Waals surface area contributed by atoms with Gasteiger partial charge in [0, 0.05) is 5.56 Å². The van der Waals surface area contributed by atoms with Gasteiger partial charge in [0.1, 0.15) is 0 Å². The van der Waals surface area contributed by atoms with Crippen molar-refractivity contribution in [3.63, 3.8) is 0 Å². The second kappa shape index (κ2) is 4.25. The Morgan fingerprint density at radius 3 is 2.18 bits per heavy atom. The number of phenols is 2. The zero-order valence-electron chi connectivity index (χ0n) is 9.93. The van der Waals surface area contributed by atoms with Crippen LogP contribution < -0.4 is 0 Å². The molecule has 17 heavy (non-hydrogen) atoms. The fraction of sp³-hybridized carbons (Fsp3) is 0.417. The van der Waals surface area contributed by atoms with Crippen LogP contribution in [0.2, 0.25) is 0 Å². The SMILES string of the molecule is CC(C)(C)c1cc(O)c(O)c(C(O)C(=O)O)c1. The Bertz CT molecular complexity index is 445. The maximum absolute atomic E-state index is 10.7. The van der Waals surface area contributed by atoms with Gasteiger partial charge in [0.05, 0.1) is 0 Å². The van der Waals surface area contributed by atoms with Crippen molar-refractivity contribution in [2.45, 2.75) is 32.3 Å². The van der Waals surface area contributed by atoms with Crippen LogP contribution in [-0.2, 0) is 10.2 Å². The Hall–Kier alpha value is -1.75. The summed E-state index contributed by atoms with van der Waals surface area (Å²) in [5.74, 6) is -2.52. The molecule has 0 aliphatic carbocycles. The van der Waals surface area contributed by atoms with E-state index < -0.39 is 23.6 Å². The summed E-state index contributed by atoms with van der Waals surface area (Å²) in [6.07, 6.45) is -1.86. The number of hydrogen-bond acceptors (Lipinski definition) is 4. The van der Waals surface area contributed by atoms with E-state index in [9.17, 15) is 20.1 Å². The third-order valence-electron chi connectivity index (χ3n) is 2.51. The van der Waals surface area contributed by atoms with Crippen LogP contribution in [0.5, 0.6) is 11.5 Å². The van der Waals surface area contributed by atoms with Crippen LogP contribution in [0.25, 0.3) is 0 Å². The van der Waals surface area contributed by atoms with Crippen molar-refractivity contribution in [3.05, 3.63) is 23.3 Å². The van der Waals surface area contributed by atoms with Gasteiger partial charge in [-0.05, 0) is 23.1 Å². The average Bonchev–Trinajstić information content (AvgIpc) is 2.19. The van der Waals surface area contributed by atoms with E-state index in [2.05, 4.69) is 0 Å². The monoisotopic (exact) mass is 240 g/mol. The van der Waals surface area contributed by atoms with Crippen LogP contribution in [0.3, 0.4) is 0 Å². The van der Waals surface area contributed by atoms with E-state index in [1.54, 1.807) is 0 Å². The standard InChI is InChI=1S/C12H16O5/c1-12(2,3)6-4-7(10(15)11(16)17)9(14)8(13)5-6/h4-5,10,13-15H,1-3H3,(H,16,17). The van der Waals surface area contributed by atoms with Crippen molar-refractivity contribution in [1.29, 1.82) is 0 Å². The third-order valence-corrected chi connectivity index (χ3v) is 2.51. The highest BCUT2D eigenvalue weighted by molar-refractivity contribution is 5.76. The molecule has 0 saturated heterocycles. The topological polar surface area (TPSA) is 98.0 Å². The molecule has 0 aliphatic rings. The lowest BCUT2D eigenvalue weighted by atomic mass is 9.85. The lowest BCUT2D eigenvalue weighted by Crippen LogP contribution is -2.15. The summed E-state index contributed by atoms with van der Waals surface area (Å²) in [7, 11) is 0. The fourth-order valence-corrected chi connectivity index (χ4v) is 1.42. The van der Waals surface area contributed by atoms with Crippen LogP contribution in [0.15, 0.2) is 12.1 Å². The number of carbonyl (C=O) groups is 1. The van der Waals surface area contributed by atoms with Crippen molar-refractivity contribution in [1.82, 2.24) is 0 Å². The summed E-state index contributed by atoms with van der Waals surface area (Å²) in [5.41, 5.74) is 0.0866. The fourth-order valence-electron chi connectivity index (χ4n) is 1.42. The van der Waals surface area contributed by atoms with E-state index in [0.29, 0.717) is 5.56 Å². The number of phenolic OH excluding ortho intramolecular Hbond substituents is 2. The van der Waals surface area contributed by atoms with E-state index in [1.165, 1.54) is 12.1 Å². The molecule has 1 aromatic carbocycles. The Morgan fingerprint density at radius 1 is 1.24 bits per heavy atom. The molecule has 0 aromatic heterocycles. The van der Waals surface area contributed by atoms with Crippen molar-refractivity contribution < 1.29 is 25.2 Å². The molecule has 0 aliphatic heterocycles.